The van der Waals surface area contributed by atoms with Gasteiger partial charge in [0.1, 0.15) is 0 Å². The third kappa shape index (κ3) is 2.96. The van der Waals surface area contributed by atoms with Crippen molar-refractivity contribution in [3.8, 4) is 0 Å². The van der Waals surface area contributed by atoms with Crippen LogP contribution in [0, 0.1) is 10.1 Å². The summed E-state index contributed by atoms with van der Waals surface area (Å²) >= 11 is 5.72. The molecule has 2 aromatic heterocycles. The number of carbonyl (C=O) groups excluding carboxylic acids is 1. The predicted octanol–water partition coefficient (Wildman–Crippen LogP) is 1.34. The maximum absolute atomic E-state index is 11.9. The molecule has 0 fully saturated rings. The molecule has 2 aromatic rings. The topological polar surface area (TPSA) is 131 Å². The largest absolute Gasteiger partial charge is 0.362 e. The summed E-state index contributed by atoms with van der Waals surface area (Å²) in [7, 11) is 0. The number of H-pyrrole nitrogens is 1. The molecule has 0 unspecified atom stereocenters. The summed E-state index contributed by atoms with van der Waals surface area (Å²) in [6, 6.07) is 1.75. The molecule has 0 radical (unpaired) electrons. The summed E-state index contributed by atoms with van der Waals surface area (Å²) in [5.41, 5.74) is 3.21. The molecule has 0 aromatic carbocycles. The Balaban J connectivity index is 2.16. The fourth-order valence-electron chi connectivity index (χ4n) is 1.73. The second-order valence-corrected chi connectivity index (χ2v) is 4.54. The van der Waals surface area contributed by atoms with Crippen molar-refractivity contribution in [1.29, 1.82) is 0 Å². The van der Waals surface area contributed by atoms with Gasteiger partial charge >= 0.3 is 5.82 Å². The van der Waals surface area contributed by atoms with Gasteiger partial charge in [-0.05, 0) is 24.8 Å². The van der Waals surface area contributed by atoms with Gasteiger partial charge in [-0.1, -0.05) is 16.7 Å². The molecule has 22 heavy (non-hydrogen) atoms. The first kappa shape index (κ1) is 15.6. The Morgan fingerprint density at radius 1 is 1.64 bits per heavy atom. The van der Waals surface area contributed by atoms with Crippen LogP contribution in [0.3, 0.4) is 0 Å². The van der Waals surface area contributed by atoms with Gasteiger partial charge in [0.05, 0.1) is 11.4 Å². The van der Waals surface area contributed by atoms with E-state index in [1.165, 1.54) is 0 Å². The number of halogens is 1. The van der Waals surface area contributed by atoms with Crippen molar-refractivity contribution in [2.24, 2.45) is 5.10 Å². The lowest BCUT2D eigenvalue weighted by Gasteiger charge is -2.04. The van der Waals surface area contributed by atoms with Crippen LogP contribution in [0.2, 0.25) is 5.02 Å². The summed E-state index contributed by atoms with van der Waals surface area (Å²) in [6.45, 7) is 4.27. The van der Waals surface area contributed by atoms with E-state index in [4.69, 9.17) is 11.6 Å². The molecule has 116 valence electrons. The smallest absolute Gasteiger partial charge is 0.358 e. The minimum atomic E-state index is -0.763. The Morgan fingerprint density at radius 3 is 2.95 bits per heavy atom. The van der Waals surface area contributed by atoms with Gasteiger partial charge in [-0.2, -0.15) is 10.2 Å². The lowest BCUT2D eigenvalue weighted by Crippen LogP contribution is -2.21. The van der Waals surface area contributed by atoms with Crippen LogP contribution in [0.5, 0.6) is 0 Å². The predicted molar refractivity (Wildman–Crippen MR) is 77.8 cm³/mol. The van der Waals surface area contributed by atoms with Crippen LogP contribution < -0.4 is 5.43 Å². The summed E-state index contributed by atoms with van der Waals surface area (Å²) in [6.07, 6.45) is 1.62. The molecule has 0 spiro atoms. The van der Waals surface area contributed by atoms with E-state index < -0.39 is 16.6 Å². The summed E-state index contributed by atoms with van der Waals surface area (Å²) in [4.78, 5) is 21.8. The Labute approximate surface area is 129 Å². The van der Waals surface area contributed by atoms with E-state index >= 15 is 0 Å². The van der Waals surface area contributed by atoms with Gasteiger partial charge in [0.15, 0.2) is 10.7 Å². The quantitative estimate of drug-likeness (QED) is 0.486. The number of aromatic amines is 1. The number of hydrogen-bond donors (Lipinski definition) is 2. The van der Waals surface area contributed by atoms with Gasteiger partial charge in [-0.25, -0.2) is 5.43 Å². The van der Waals surface area contributed by atoms with Crippen LogP contribution in [0.4, 0.5) is 5.82 Å². The minimum Gasteiger partial charge on any atom is -0.358 e. The maximum Gasteiger partial charge on any atom is 0.362 e. The fourth-order valence-corrected chi connectivity index (χ4v) is 1.97. The summed E-state index contributed by atoms with van der Waals surface area (Å²) in [5.74, 6) is -1.30. The van der Waals surface area contributed by atoms with Crippen molar-refractivity contribution in [3.05, 3.63) is 38.8 Å². The van der Waals surface area contributed by atoms with Crippen LogP contribution in [-0.2, 0) is 6.54 Å². The number of hydrazone groups is 1. The van der Waals surface area contributed by atoms with Crippen molar-refractivity contribution in [3.63, 3.8) is 0 Å². The number of carbonyl (C=O) groups is 1. The minimum absolute atomic E-state index is 0.297. The van der Waals surface area contributed by atoms with Crippen LogP contribution in [-0.4, -0.2) is 36.5 Å². The standard InChI is InChI=1S/C11H12ClN7O3/c1-3-18-7(4-5-13-18)6(2)14-17-11(20)9-8(12)10(16-15-9)19(21)22/h4-5H,3H2,1-2H3,(H,15,16)(H,17,20)/b14-6-. The van der Waals surface area contributed by atoms with Crippen LogP contribution in [0.25, 0.3) is 0 Å². The molecule has 0 aliphatic heterocycles. The Kier molecular flexibility index (Phi) is 4.51. The number of nitrogens with zero attached hydrogens (tertiary/aromatic N) is 5. The molecule has 10 nitrogen and oxygen atoms in total. The van der Waals surface area contributed by atoms with E-state index in [1.807, 2.05) is 6.92 Å². The molecule has 0 aliphatic rings. The maximum atomic E-state index is 11.9. The van der Waals surface area contributed by atoms with Crippen LogP contribution >= 0.6 is 11.6 Å². The van der Waals surface area contributed by atoms with E-state index in [9.17, 15) is 14.9 Å². The lowest BCUT2D eigenvalue weighted by molar-refractivity contribution is -0.389. The van der Waals surface area contributed by atoms with Crippen LogP contribution in [0.1, 0.15) is 30.0 Å². The zero-order valence-corrected chi connectivity index (χ0v) is 12.5. The third-order valence-corrected chi connectivity index (χ3v) is 3.16. The molecule has 0 aliphatic carbocycles. The Bertz CT molecular complexity index is 749. The van der Waals surface area contributed by atoms with Crippen molar-refractivity contribution in [2.75, 3.05) is 0 Å². The number of rotatable bonds is 5. The van der Waals surface area contributed by atoms with Gasteiger partial charge in [-0.15, -0.1) is 5.10 Å². The molecule has 1 amide bonds. The van der Waals surface area contributed by atoms with E-state index in [0.717, 1.165) is 5.69 Å². The number of nitro groups is 1. The highest BCUT2D eigenvalue weighted by Crippen LogP contribution is 2.24. The van der Waals surface area contributed by atoms with Gasteiger partial charge < -0.3 is 10.1 Å². The first-order valence-corrected chi connectivity index (χ1v) is 6.58. The second-order valence-electron chi connectivity index (χ2n) is 4.16. The molecule has 0 atom stereocenters. The Morgan fingerprint density at radius 2 is 2.36 bits per heavy atom. The van der Waals surface area contributed by atoms with Crippen LogP contribution in [0.15, 0.2) is 17.4 Å². The number of amides is 1. The van der Waals surface area contributed by atoms with Crippen molar-refractivity contribution < 1.29 is 9.72 Å². The highest BCUT2D eigenvalue weighted by Gasteiger charge is 2.25. The average molecular weight is 326 g/mol. The molecular weight excluding hydrogens is 314 g/mol. The Hall–Kier alpha value is -2.75. The van der Waals surface area contributed by atoms with E-state index in [2.05, 4.69) is 25.8 Å². The highest BCUT2D eigenvalue weighted by atomic mass is 35.5. The highest BCUT2D eigenvalue weighted by molar-refractivity contribution is 6.35. The van der Waals surface area contributed by atoms with Crippen molar-refractivity contribution >= 4 is 29.0 Å². The van der Waals surface area contributed by atoms with Crippen molar-refractivity contribution in [1.82, 2.24) is 25.4 Å². The fraction of sp³-hybridized carbons (Fsp3) is 0.273. The molecule has 0 saturated carbocycles. The molecular formula is C11H12ClN7O3. The first-order valence-electron chi connectivity index (χ1n) is 6.20. The second kappa shape index (κ2) is 6.35. The van der Waals surface area contributed by atoms with E-state index in [0.29, 0.717) is 12.3 Å². The molecule has 2 N–H and O–H groups in total. The zero-order valence-electron chi connectivity index (χ0n) is 11.7. The van der Waals surface area contributed by atoms with Gasteiger partial charge in [0.25, 0.3) is 5.91 Å². The first-order chi connectivity index (χ1) is 10.5. The zero-order chi connectivity index (χ0) is 16.3. The monoisotopic (exact) mass is 325 g/mol. The van der Waals surface area contributed by atoms with Gasteiger partial charge in [0.2, 0.25) is 0 Å². The molecule has 0 bridgehead atoms. The van der Waals surface area contributed by atoms with Gasteiger partial charge in [-0.3, -0.25) is 9.48 Å². The molecule has 0 saturated heterocycles. The average Bonchev–Trinajstić information content (AvgIpc) is 3.10. The van der Waals surface area contributed by atoms with Crippen molar-refractivity contribution in [2.45, 2.75) is 20.4 Å². The summed E-state index contributed by atoms with van der Waals surface area (Å²) < 4.78 is 1.71. The number of nitrogens with one attached hydrogen (secondary N) is 2. The van der Waals surface area contributed by atoms with E-state index in [1.54, 1.807) is 23.9 Å². The number of aromatic nitrogens is 4. The van der Waals surface area contributed by atoms with E-state index in [-0.39, 0.29) is 10.7 Å². The lowest BCUT2D eigenvalue weighted by atomic mass is 10.3. The molecule has 2 heterocycles. The molecule has 2 rings (SSSR count). The number of aryl methyl sites for hydroxylation is 1. The molecule has 11 heteroatoms. The summed E-state index contributed by atoms with van der Waals surface area (Å²) in [5, 5.41) is 23.9. The third-order valence-electron chi connectivity index (χ3n) is 2.80. The normalized spacial score (nSPS) is 11.5. The number of hydrogen-bond acceptors (Lipinski definition) is 6. The SMILES string of the molecule is CCn1nccc1/C(C)=N\NC(=O)c1n[nH]c([N+](=O)[O-])c1Cl. The van der Waals surface area contributed by atoms with Gasteiger partial charge in [0, 0.05) is 12.7 Å².